The number of aliphatic hydroxyl groups excluding tert-OH is 1. The Kier molecular flexibility index (Phi) is 3.61. The number of halogens is 1. The van der Waals surface area contributed by atoms with Gasteiger partial charge in [-0.05, 0) is 34.5 Å². The van der Waals surface area contributed by atoms with Gasteiger partial charge in [-0.1, -0.05) is 6.07 Å². The van der Waals surface area contributed by atoms with Crippen LogP contribution in [0.15, 0.2) is 35.0 Å². The van der Waals surface area contributed by atoms with E-state index < -0.39 is 11.9 Å². The second kappa shape index (κ2) is 5.16. The van der Waals surface area contributed by atoms with E-state index in [1.165, 1.54) is 17.4 Å². The van der Waals surface area contributed by atoms with Gasteiger partial charge >= 0.3 is 0 Å². The molecule has 0 bridgehead atoms. The molecule has 0 fully saturated rings. The van der Waals surface area contributed by atoms with Crippen molar-refractivity contribution in [2.75, 3.05) is 17.6 Å². The molecule has 2 rings (SSSR count). The molecular weight excluding hydrogens is 239 g/mol. The molecule has 0 aliphatic carbocycles. The minimum absolute atomic E-state index is 0.224. The van der Waals surface area contributed by atoms with Crippen LogP contribution >= 0.6 is 11.3 Å². The summed E-state index contributed by atoms with van der Waals surface area (Å²) in [6, 6.07) is 6.32. The lowest BCUT2D eigenvalue weighted by Crippen LogP contribution is -2.13. The fourth-order valence-corrected chi connectivity index (χ4v) is 2.22. The van der Waals surface area contributed by atoms with Crippen molar-refractivity contribution in [3.63, 3.8) is 0 Å². The first-order valence-corrected chi connectivity index (χ1v) is 6.11. The summed E-state index contributed by atoms with van der Waals surface area (Å²) in [4.78, 5) is 0. The molecule has 17 heavy (non-hydrogen) atoms. The molecule has 0 radical (unpaired) electrons. The number of nitrogens with two attached hydrogens (primary N) is 1. The lowest BCUT2D eigenvalue weighted by Gasteiger charge is -2.13. The molecule has 0 amide bonds. The van der Waals surface area contributed by atoms with Gasteiger partial charge < -0.3 is 16.2 Å². The van der Waals surface area contributed by atoms with Crippen LogP contribution in [-0.4, -0.2) is 11.7 Å². The van der Waals surface area contributed by atoms with Gasteiger partial charge in [-0.15, -0.1) is 0 Å². The van der Waals surface area contributed by atoms with E-state index in [2.05, 4.69) is 5.32 Å². The van der Waals surface area contributed by atoms with Crippen molar-refractivity contribution in [1.29, 1.82) is 0 Å². The van der Waals surface area contributed by atoms with E-state index in [1.54, 1.807) is 12.1 Å². The van der Waals surface area contributed by atoms with Crippen molar-refractivity contribution >= 4 is 22.7 Å². The number of para-hydroxylation sites is 1. The molecule has 2 aromatic rings. The van der Waals surface area contributed by atoms with Gasteiger partial charge in [0.1, 0.15) is 5.82 Å². The molecule has 4 N–H and O–H groups in total. The van der Waals surface area contributed by atoms with E-state index in [-0.39, 0.29) is 12.2 Å². The molecule has 0 saturated carbocycles. The Balaban J connectivity index is 2.03. The number of hydrogen-bond acceptors (Lipinski definition) is 4. The van der Waals surface area contributed by atoms with Crippen molar-refractivity contribution in [3.8, 4) is 0 Å². The Morgan fingerprint density at radius 1 is 1.41 bits per heavy atom. The predicted molar refractivity (Wildman–Crippen MR) is 68.6 cm³/mol. The lowest BCUT2D eigenvalue weighted by molar-refractivity contribution is 0.192. The number of benzene rings is 1. The van der Waals surface area contributed by atoms with Crippen LogP contribution in [0.25, 0.3) is 0 Å². The van der Waals surface area contributed by atoms with Crippen LogP contribution in [0, 0.1) is 5.82 Å². The van der Waals surface area contributed by atoms with Gasteiger partial charge in [0.15, 0.2) is 0 Å². The molecule has 0 aliphatic heterocycles. The fraction of sp³-hybridized carbons (Fsp3) is 0.167. The maximum Gasteiger partial charge on any atom is 0.148 e. The maximum atomic E-state index is 13.4. The Labute approximate surface area is 103 Å². The highest BCUT2D eigenvalue weighted by molar-refractivity contribution is 7.07. The molecule has 3 nitrogen and oxygen atoms in total. The molecule has 0 saturated heterocycles. The molecule has 0 spiro atoms. The average Bonchev–Trinajstić information content (AvgIpc) is 2.81. The fourth-order valence-electron chi connectivity index (χ4n) is 1.51. The Morgan fingerprint density at radius 3 is 2.88 bits per heavy atom. The topological polar surface area (TPSA) is 58.3 Å². The van der Waals surface area contributed by atoms with Gasteiger partial charge in [-0.3, -0.25) is 0 Å². The summed E-state index contributed by atoms with van der Waals surface area (Å²) < 4.78 is 13.4. The highest BCUT2D eigenvalue weighted by atomic mass is 32.1. The third-order valence-electron chi connectivity index (χ3n) is 2.45. The van der Waals surface area contributed by atoms with Gasteiger partial charge in [0.05, 0.1) is 17.5 Å². The van der Waals surface area contributed by atoms with Gasteiger partial charge in [-0.25, -0.2) is 4.39 Å². The molecule has 5 heteroatoms. The summed E-state index contributed by atoms with van der Waals surface area (Å²) >= 11 is 1.51. The first-order chi connectivity index (χ1) is 8.18. The second-order valence-electron chi connectivity index (χ2n) is 3.66. The molecule has 1 atom stereocenters. The molecule has 0 aliphatic rings. The summed E-state index contributed by atoms with van der Waals surface area (Å²) in [5, 5.41) is 16.4. The number of hydrogen-bond donors (Lipinski definition) is 3. The minimum atomic E-state index is -0.666. The van der Waals surface area contributed by atoms with E-state index in [4.69, 9.17) is 5.73 Å². The minimum Gasteiger partial charge on any atom is -0.397 e. The number of thiophene rings is 1. The average molecular weight is 252 g/mol. The summed E-state index contributed by atoms with van der Waals surface area (Å²) in [7, 11) is 0. The number of nitrogen functional groups attached to an aromatic ring is 1. The summed E-state index contributed by atoms with van der Waals surface area (Å²) in [5.74, 6) is -0.414. The zero-order valence-electron chi connectivity index (χ0n) is 9.06. The molecule has 1 unspecified atom stereocenters. The molecule has 1 heterocycles. The van der Waals surface area contributed by atoms with Crippen LogP contribution in [0.3, 0.4) is 0 Å². The van der Waals surface area contributed by atoms with Crippen LogP contribution in [0.1, 0.15) is 11.7 Å². The van der Waals surface area contributed by atoms with Crippen molar-refractivity contribution in [2.45, 2.75) is 6.10 Å². The third-order valence-corrected chi connectivity index (χ3v) is 3.15. The van der Waals surface area contributed by atoms with Crippen LogP contribution in [0.2, 0.25) is 0 Å². The van der Waals surface area contributed by atoms with Crippen molar-refractivity contribution in [1.82, 2.24) is 0 Å². The first-order valence-electron chi connectivity index (χ1n) is 5.16. The first kappa shape index (κ1) is 11.9. The predicted octanol–water partition coefficient (Wildman–Crippen LogP) is 2.61. The third kappa shape index (κ3) is 2.75. The number of nitrogens with one attached hydrogen (secondary N) is 1. The van der Waals surface area contributed by atoms with Gasteiger partial charge in [0, 0.05) is 6.54 Å². The summed E-state index contributed by atoms with van der Waals surface area (Å²) in [6.45, 7) is 0.224. The Morgan fingerprint density at radius 2 is 2.24 bits per heavy atom. The van der Waals surface area contributed by atoms with E-state index >= 15 is 0 Å². The SMILES string of the molecule is Nc1cccc(F)c1NCC(O)c1ccsc1. The molecule has 1 aromatic heterocycles. The zero-order valence-corrected chi connectivity index (χ0v) is 9.88. The molecule has 1 aromatic carbocycles. The number of rotatable bonds is 4. The van der Waals surface area contributed by atoms with Crippen LogP contribution in [0.5, 0.6) is 0 Å². The summed E-state index contributed by atoms with van der Waals surface area (Å²) in [5.41, 5.74) is 7.03. The van der Waals surface area contributed by atoms with E-state index in [0.29, 0.717) is 5.69 Å². The number of aliphatic hydroxyl groups is 1. The highest BCUT2D eigenvalue weighted by Crippen LogP contribution is 2.23. The zero-order chi connectivity index (χ0) is 12.3. The van der Waals surface area contributed by atoms with E-state index in [1.807, 2.05) is 16.8 Å². The van der Waals surface area contributed by atoms with Gasteiger partial charge in [0.25, 0.3) is 0 Å². The smallest absolute Gasteiger partial charge is 0.148 e. The molecular formula is C12H13FN2OS. The van der Waals surface area contributed by atoms with Crippen molar-refractivity contribution < 1.29 is 9.50 Å². The van der Waals surface area contributed by atoms with E-state index in [0.717, 1.165) is 5.56 Å². The highest BCUT2D eigenvalue weighted by Gasteiger charge is 2.10. The summed E-state index contributed by atoms with van der Waals surface area (Å²) in [6.07, 6.45) is -0.666. The molecule has 90 valence electrons. The quantitative estimate of drug-likeness (QED) is 0.733. The second-order valence-corrected chi connectivity index (χ2v) is 4.44. The van der Waals surface area contributed by atoms with E-state index in [9.17, 15) is 9.50 Å². The van der Waals surface area contributed by atoms with Crippen molar-refractivity contribution in [3.05, 3.63) is 46.4 Å². The van der Waals surface area contributed by atoms with Crippen molar-refractivity contribution in [2.24, 2.45) is 0 Å². The van der Waals surface area contributed by atoms with Crippen LogP contribution < -0.4 is 11.1 Å². The maximum absolute atomic E-state index is 13.4. The lowest BCUT2D eigenvalue weighted by atomic mass is 10.2. The normalized spacial score (nSPS) is 12.4. The van der Waals surface area contributed by atoms with Crippen LogP contribution in [0.4, 0.5) is 15.8 Å². The standard InChI is InChI=1S/C12H13FN2OS/c13-9-2-1-3-10(14)12(9)15-6-11(16)8-4-5-17-7-8/h1-5,7,11,15-16H,6,14H2. The number of anilines is 2. The van der Waals surface area contributed by atoms with Gasteiger partial charge in [-0.2, -0.15) is 11.3 Å². The van der Waals surface area contributed by atoms with Crippen LogP contribution in [-0.2, 0) is 0 Å². The Hall–Kier alpha value is -1.59. The Bertz CT molecular complexity index is 467. The monoisotopic (exact) mass is 252 g/mol. The largest absolute Gasteiger partial charge is 0.397 e. The van der Waals surface area contributed by atoms with Gasteiger partial charge in [0.2, 0.25) is 0 Å².